The molecule has 162 valence electrons. The molecule has 0 bridgehead atoms. The lowest BCUT2D eigenvalue weighted by atomic mass is 10.2. The van der Waals surface area contributed by atoms with Crippen LogP contribution in [0, 0.1) is 0 Å². The van der Waals surface area contributed by atoms with Gasteiger partial charge in [0.2, 0.25) is 5.91 Å². The highest BCUT2D eigenvalue weighted by atomic mass is 79.9. The molecule has 2 aromatic carbocycles. The first-order valence-electron chi connectivity index (χ1n) is 10.00. The lowest BCUT2D eigenvalue weighted by Gasteiger charge is -2.11. The van der Waals surface area contributed by atoms with Crippen molar-refractivity contribution < 1.29 is 9.59 Å². The van der Waals surface area contributed by atoms with E-state index < -0.39 is 0 Å². The van der Waals surface area contributed by atoms with Crippen LogP contribution >= 0.6 is 15.9 Å². The molecule has 4 aromatic rings. The first kappa shape index (κ1) is 21.5. The van der Waals surface area contributed by atoms with E-state index in [-0.39, 0.29) is 11.8 Å². The third-order valence-electron chi connectivity index (χ3n) is 4.77. The van der Waals surface area contributed by atoms with Crippen LogP contribution < -0.4 is 10.6 Å². The van der Waals surface area contributed by atoms with Crippen LogP contribution in [0.25, 0.3) is 0 Å². The first-order valence-corrected chi connectivity index (χ1v) is 10.8. The molecule has 2 heterocycles. The highest BCUT2D eigenvalue weighted by molar-refractivity contribution is 9.10. The molecule has 0 unspecified atom stereocenters. The number of aromatic nitrogens is 4. The quantitative estimate of drug-likeness (QED) is 0.385. The predicted molar refractivity (Wildman–Crippen MR) is 125 cm³/mol. The average molecular weight is 493 g/mol. The van der Waals surface area contributed by atoms with Gasteiger partial charge in [0.15, 0.2) is 0 Å². The molecular formula is C23H21BrN6O2. The molecule has 0 radical (unpaired) electrons. The molecule has 2 N–H and O–H groups in total. The van der Waals surface area contributed by atoms with E-state index in [0.29, 0.717) is 36.6 Å². The van der Waals surface area contributed by atoms with Crippen LogP contribution in [-0.2, 0) is 17.9 Å². The number of hydrogen-bond donors (Lipinski definition) is 2. The van der Waals surface area contributed by atoms with E-state index in [1.807, 2.05) is 28.8 Å². The number of nitrogens with zero attached hydrogens (tertiary/aromatic N) is 4. The van der Waals surface area contributed by atoms with Crippen LogP contribution in [0.1, 0.15) is 22.3 Å². The summed E-state index contributed by atoms with van der Waals surface area (Å²) in [6, 6.07) is 16.5. The Morgan fingerprint density at radius 3 is 2.62 bits per heavy atom. The zero-order valence-corrected chi connectivity index (χ0v) is 18.7. The first-order chi connectivity index (χ1) is 15.6. The molecule has 32 heavy (non-hydrogen) atoms. The van der Waals surface area contributed by atoms with E-state index >= 15 is 0 Å². The van der Waals surface area contributed by atoms with Gasteiger partial charge in [-0.3, -0.25) is 9.59 Å². The molecule has 8 nitrogen and oxygen atoms in total. The van der Waals surface area contributed by atoms with E-state index in [1.165, 1.54) is 0 Å². The number of benzene rings is 2. The highest BCUT2D eigenvalue weighted by Gasteiger charge is 2.12. The van der Waals surface area contributed by atoms with Crippen molar-refractivity contribution in [3.63, 3.8) is 0 Å². The van der Waals surface area contributed by atoms with Crippen LogP contribution in [-0.4, -0.2) is 31.1 Å². The fourth-order valence-electron chi connectivity index (χ4n) is 3.13. The number of anilines is 2. The summed E-state index contributed by atoms with van der Waals surface area (Å²) < 4.78 is 4.56. The van der Waals surface area contributed by atoms with E-state index in [2.05, 4.69) is 36.6 Å². The van der Waals surface area contributed by atoms with Crippen molar-refractivity contribution >= 4 is 39.2 Å². The number of imidazole rings is 1. The van der Waals surface area contributed by atoms with Crippen molar-refractivity contribution in [2.75, 3.05) is 10.6 Å². The number of amides is 2. The van der Waals surface area contributed by atoms with Gasteiger partial charge in [-0.1, -0.05) is 34.1 Å². The Morgan fingerprint density at radius 1 is 1.00 bits per heavy atom. The number of halogens is 1. The molecule has 0 aliphatic carbocycles. The maximum absolute atomic E-state index is 12.8. The molecule has 0 spiro atoms. The smallest absolute Gasteiger partial charge is 0.256 e. The Morgan fingerprint density at radius 2 is 1.84 bits per heavy atom. The second kappa shape index (κ2) is 10.1. The van der Waals surface area contributed by atoms with Gasteiger partial charge in [-0.25, -0.2) is 9.67 Å². The van der Waals surface area contributed by atoms with Gasteiger partial charge in [0.1, 0.15) is 5.82 Å². The number of nitrogens with one attached hydrogen (secondary N) is 2. The largest absolute Gasteiger partial charge is 0.337 e. The van der Waals surface area contributed by atoms with Crippen LogP contribution in [0.5, 0.6) is 0 Å². The molecule has 0 saturated heterocycles. The van der Waals surface area contributed by atoms with Gasteiger partial charge < -0.3 is 15.2 Å². The highest BCUT2D eigenvalue weighted by Crippen LogP contribution is 2.16. The molecule has 4 rings (SSSR count). The molecule has 9 heteroatoms. The number of aryl methyl sites for hydroxylation is 1. The Hall–Kier alpha value is -3.72. The fraction of sp³-hybridized carbons (Fsp3) is 0.130. The SMILES string of the molecule is O=C(CCn1ccnc1)Nc1cccc(C(=O)Nc2ccnn2Cc2ccc(Br)cc2)c1. The standard InChI is InChI=1S/C23H21BrN6O2/c24-19-6-4-17(5-7-19)15-30-21(8-10-26-30)28-23(32)18-2-1-3-20(14-18)27-22(31)9-12-29-13-11-25-16-29/h1-8,10-11,13-14,16H,9,12,15H2,(H,27,31)(H,28,32). The summed E-state index contributed by atoms with van der Waals surface area (Å²) in [6.07, 6.45) is 7.09. The Kier molecular flexibility index (Phi) is 6.76. The molecule has 2 amide bonds. The topological polar surface area (TPSA) is 93.8 Å². The van der Waals surface area contributed by atoms with Crippen LogP contribution in [0.3, 0.4) is 0 Å². The van der Waals surface area contributed by atoms with Gasteiger partial charge in [-0.15, -0.1) is 0 Å². The molecule has 0 saturated carbocycles. The van der Waals surface area contributed by atoms with E-state index in [4.69, 9.17) is 0 Å². The van der Waals surface area contributed by atoms with Crippen molar-refractivity contribution in [2.24, 2.45) is 0 Å². The number of hydrogen-bond acceptors (Lipinski definition) is 4. The fourth-order valence-corrected chi connectivity index (χ4v) is 3.39. The van der Waals surface area contributed by atoms with Gasteiger partial charge in [-0.05, 0) is 35.9 Å². The second-order valence-corrected chi connectivity index (χ2v) is 8.05. The second-order valence-electron chi connectivity index (χ2n) is 7.13. The minimum Gasteiger partial charge on any atom is -0.337 e. The van der Waals surface area contributed by atoms with Crippen molar-refractivity contribution in [1.82, 2.24) is 19.3 Å². The maximum atomic E-state index is 12.8. The van der Waals surface area contributed by atoms with E-state index in [0.717, 1.165) is 10.0 Å². The summed E-state index contributed by atoms with van der Waals surface area (Å²) in [7, 11) is 0. The third kappa shape index (κ3) is 5.70. The number of rotatable bonds is 8. The zero-order valence-electron chi connectivity index (χ0n) is 17.1. The Labute approximate surface area is 193 Å². The summed E-state index contributed by atoms with van der Waals surface area (Å²) in [4.78, 5) is 29.0. The molecule has 2 aromatic heterocycles. The average Bonchev–Trinajstić information content (AvgIpc) is 3.46. The van der Waals surface area contributed by atoms with Gasteiger partial charge in [0.05, 0.1) is 19.1 Å². The summed E-state index contributed by atoms with van der Waals surface area (Å²) in [6.45, 7) is 1.07. The predicted octanol–water partition coefficient (Wildman–Crippen LogP) is 4.17. The molecule has 0 aliphatic rings. The summed E-state index contributed by atoms with van der Waals surface area (Å²) in [5, 5.41) is 10.0. The molecule has 0 aliphatic heterocycles. The van der Waals surface area contributed by atoms with Gasteiger partial charge >= 0.3 is 0 Å². The number of carbonyl (C=O) groups excluding carboxylic acids is 2. The molecule has 0 atom stereocenters. The van der Waals surface area contributed by atoms with Gasteiger partial charge in [-0.2, -0.15) is 5.10 Å². The Bertz CT molecular complexity index is 1200. The van der Waals surface area contributed by atoms with Crippen LogP contribution in [0.15, 0.2) is 84.0 Å². The van der Waals surface area contributed by atoms with Crippen LogP contribution in [0.4, 0.5) is 11.5 Å². The van der Waals surface area contributed by atoms with Crippen molar-refractivity contribution in [1.29, 1.82) is 0 Å². The normalized spacial score (nSPS) is 10.7. The molecular weight excluding hydrogens is 472 g/mol. The Balaban J connectivity index is 1.37. The summed E-state index contributed by atoms with van der Waals surface area (Å²) in [5.74, 6) is 0.175. The van der Waals surface area contributed by atoms with E-state index in [9.17, 15) is 9.59 Å². The lowest BCUT2D eigenvalue weighted by Crippen LogP contribution is -2.17. The van der Waals surface area contributed by atoms with Crippen molar-refractivity contribution in [3.05, 3.63) is 95.1 Å². The van der Waals surface area contributed by atoms with Crippen molar-refractivity contribution in [3.8, 4) is 0 Å². The minimum atomic E-state index is -0.280. The summed E-state index contributed by atoms with van der Waals surface area (Å²) >= 11 is 3.43. The molecule has 0 fully saturated rings. The van der Waals surface area contributed by atoms with Crippen molar-refractivity contribution in [2.45, 2.75) is 19.5 Å². The maximum Gasteiger partial charge on any atom is 0.256 e. The van der Waals surface area contributed by atoms with Gasteiger partial charge in [0, 0.05) is 47.1 Å². The number of carbonyl (C=O) groups is 2. The monoisotopic (exact) mass is 492 g/mol. The van der Waals surface area contributed by atoms with Gasteiger partial charge in [0.25, 0.3) is 5.91 Å². The minimum absolute atomic E-state index is 0.135. The summed E-state index contributed by atoms with van der Waals surface area (Å²) in [5.41, 5.74) is 2.07. The van der Waals surface area contributed by atoms with Crippen LogP contribution in [0.2, 0.25) is 0 Å². The third-order valence-corrected chi connectivity index (χ3v) is 5.30. The zero-order chi connectivity index (χ0) is 22.3. The lowest BCUT2D eigenvalue weighted by molar-refractivity contribution is -0.116. The van der Waals surface area contributed by atoms with E-state index in [1.54, 1.807) is 59.9 Å².